The van der Waals surface area contributed by atoms with Gasteiger partial charge in [0.25, 0.3) is 0 Å². The number of anilines is 2. The number of hydrogen-bond acceptors (Lipinski definition) is 5. The van der Waals surface area contributed by atoms with Crippen molar-refractivity contribution >= 4 is 34.3 Å². The number of fused-ring (bicyclic) bond motifs is 1. The van der Waals surface area contributed by atoms with Crippen LogP contribution in [-0.2, 0) is 7.05 Å². The summed E-state index contributed by atoms with van der Waals surface area (Å²) in [6, 6.07) is 4.85. The van der Waals surface area contributed by atoms with Gasteiger partial charge in [0.05, 0.1) is 11.3 Å². The molecular weight excluding hydrogens is 331 g/mol. The molecule has 0 aliphatic carbocycles. The molecule has 0 radical (unpaired) electrons. The van der Waals surface area contributed by atoms with Crippen LogP contribution < -0.4 is 9.80 Å². The normalized spacial score (nSPS) is 15.3. The lowest BCUT2D eigenvalue weighted by Crippen LogP contribution is -2.47. The van der Waals surface area contributed by atoms with Crippen LogP contribution in [0.4, 0.5) is 15.9 Å². The molecule has 1 saturated heterocycles. The largest absolute Gasteiger partial charge is 0.368 e. The highest BCUT2D eigenvalue weighted by atomic mass is 35.5. The van der Waals surface area contributed by atoms with E-state index >= 15 is 0 Å². The van der Waals surface area contributed by atoms with E-state index in [1.54, 1.807) is 24.8 Å². The lowest BCUT2D eigenvalue weighted by molar-refractivity contribution is 0.624. The molecule has 8 heteroatoms. The van der Waals surface area contributed by atoms with E-state index in [4.69, 9.17) is 11.6 Å². The minimum atomic E-state index is -0.391. The molecule has 2 aromatic heterocycles. The number of rotatable bonds is 2. The van der Waals surface area contributed by atoms with E-state index in [-0.39, 0.29) is 5.02 Å². The molecule has 0 unspecified atom stereocenters. The van der Waals surface area contributed by atoms with Crippen LogP contribution >= 0.6 is 11.6 Å². The van der Waals surface area contributed by atoms with Gasteiger partial charge < -0.3 is 14.4 Å². The fraction of sp³-hybridized carbons (Fsp3) is 0.312. The maximum absolute atomic E-state index is 13.3. The van der Waals surface area contributed by atoms with Gasteiger partial charge in [-0.2, -0.15) is 0 Å². The van der Waals surface area contributed by atoms with Crippen LogP contribution in [0.2, 0.25) is 5.02 Å². The van der Waals surface area contributed by atoms with Crippen molar-refractivity contribution in [2.75, 3.05) is 36.0 Å². The van der Waals surface area contributed by atoms with Crippen molar-refractivity contribution in [2.45, 2.75) is 0 Å². The van der Waals surface area contributed by atoms with Gasteiger partial charge in [0.1, 0.15) is 12.1 Å². The van der Waals surface area contributed by atoms with E-state index in [0.29, 0.717) is 0 Å². The smallest absolute Gasteiger partial charge is 0.165 e. The van der Waals surface area contributed by atoms with Crippen LogP contribution in [0.25, 0.3) is 11.2 Å². The number of hydrogen-bond donors (Lipinski definition) is 0. The zero-order valence-corrected chi connectivity index (χ0v) is 13.9. The van der Waals surface area contributed by atoms with E-state index in [2.05, 4.69) is 24.8 Å². The van der Waals surface area contributed by atoms with E-state index < -0.39 is 5.82 Å². The highest BCUT2D eigenvalue weighted by Crippen LogP contribution is 2.26. The van der Waals surface area contributed by atoms with Gasteiger partial charge in [-0.05, 0) is 18.2 Å². The van der Waals surface area contributed by atoms with E-state index in [9.17, 15) is 4.39 Å². The van der Waals surface area contributed by atoms with Gasteiger partial charge in [-0.1, -0.05) is 11.6 Å². The molecule has 1 aliphatic heterocycles. The zero-order chi connectivity index (χ0) is 16.7. The Labute approximate surface area is 143 Å². The Balaban J connectivity index is 1.54. The van der Waals surface area contributed by atoms with Crippen molar-refractivity contribution in [1.29, 1.82) is 0 Å². The molecule has 3 aromatic rings. The molecule has 0 bridgehead atoms. The van der Waals surface area contributed by atoms with Crippen molar-refractivity contribution in [1.82, 2.24) is 19.5 Å². The summed E-state index contributed by atoms with van der Waals surface area (Å²) < 4.78 is 15.2. The highest BCUT2D eigenvalue weighted by Gasteiger charge is 2.22. The quantitative estimate of drug-likeness (QED) is 0.713. The first kappa shape index (κ1) is 15.1. The summed E-state index contributed by atoms with van der Waals surface area (Å²) in [5, 5.41) is 0.154. The molecule has 6 nitrogen and oxygen atoms in total. The number of halogens is 2. The molecule has 24 heavy (non-hydrogen) atoms. The van der Waals surface area contributed by atoms with Crippen LogP contribution in [0.3, 0.4) is 0 Å². The predicted octanol–water partition coefficient (Wildman–Crippen LogP) is 2.48. The molecule has 4 rings (SSSR count). The summed E-state index contributed by atoms with van der Waals surface area (Å²) in [5.74, 6) is 0.468. The number of aromatic nitrogens is 4. The minimum absolute atomic E-state index is 0.154. The number of imidazole rings is 1. The SMILES string of the molecule is Cn1cnc2c(N3CCN(c4ccc(F)c(Cl)c4)CC3)ncnc21. The minimum Gasteiger partial charge on any atom is -0.368 e. The number of nitrogens with zero attached hydrogens (tertiary/aromatic N) is 6. The molecule has 0 amide bonds. The molecule has 1 fully saturated rings. The number of piperazine rings is 1. The summed E-state index contributed by atoms with van der Waals surface area (Å²) in [6.45, 7) is 3.22. The monoisotopic (exact) mass is 346 g/mol. The van der Waals surface area contributed by atoms with E-state index in [1.807, 2.05) is 11.6 Å². The Morgan fingerprint density at radius 2 is 1.79 bits per heavy atom. The third kappa shape index (κ3) is 2.54. The van der Waals surface area contributed by atoms with Crippen molar-refractivity contribution in [2.24, 2.45) is 7.05 Å². The molecule has 1 aliphatic rings. The van der Waals surface area contributed by atoms with E-state index in [0.717, 1.165) is 48.8 Å². The molecule has 1 aromatic carbocycles. The fourth-order valence-electron chi connectivity index (χ4n) is 3.02. The van der Waals surface area contributed by atoms with Gasteiger partial charge in [0.15, 0.2) is 17.0 Å². The molecule has 0 N–H and O–H groups in total. The van der Waals surface area contributed by atoms with Gasteiger partial charge in [-0.3, -0.25) is 0 Å². The van der Waals surface area contributed by atoms with Crippen molar-refractivity contribution in [3.63, 3.8) is 0 Å². The zero-order valence-electron chi connectivity index (χ0n) is 13.2. The fourth-order valence-corrected chi connectivity index (χ4v) is 3.20. The van der Waals surface area contributed by atoms with Crippen molar-refractivity contribution in [3.05, 3.63) is 41.7 Å². The lowest BCUT2D eigenvalue weighted by Gasteiger charge is -2.36. The second-order valence-corrected chi connectivity index (χ2v) is 6.20. The molecule has 0 saturated carbocycles. The lowest BCUT2D eigenvalue weighted by atomic mass is 10.2. The average molecular weight is 347 g/mol. The highest BCUT2D eigenvalue weighted by molar-refractivity contribution is 6.31. The van der Waals surface area contributed by atoms with Crippen LogP contribution in [-0.4, -0.2) is 45.7 Å². The van der Waals surface area contributed by atoms with Crippen LogP contribution in [0, 0.1) is 5.82 Å². The summed E-state index contributed by atoms with van der Waals surface area (Å²) >= 11 is 5.89. The summed E-state index contributed by atoms with van der Waals surface area (Å²) in [4.78, 5) is 17.5. The molecule has 0 atom stereocenters. The number of benzene rings is 1. The standard InChI is InChI=1S/C16H16ClFN6/c1-22-10-21-14-15(22)19-9-20-16(14)24-6-4-23(5-7-24)11-2-3-13(18)12(17)8-11/h2-3,8-10H,4-7H2,1H3. The van der Waals surface area contributed by atoms with E-state index in [1.165, 1.54) is 6.07 Å². The van der Waals surface area contributed by atoms with Crippen LogP contribution in [0.15, 0.2) is 30.9 Å². The topological polar surface area (TPSA) is 50.1 Å². The first-order valence-electron chi connectivity index (χ1n) is 7.70. The first-order valence-corrected chi connectivity index (χ1v) is 8.08. The third-order valence-electron chi connectivity index (χ3n) is 4.33. The third-order valence-corrected chi connectivity index (χ3v) is 4.61. The maximum Gasteiger partial charge on any atom is 0.165 e. The van der Waals surface area contributed by atoms with Gasteiger partial charge in [-0.25, -0.2) is 19.3 Å². The summed E-state index contributed by atoms with van der Waals surface area (Å²) in [5.41, 5.74) is 2.58. The predicted molar refractivity (Wildman–Crippen MR) is 92.1 cm³/mol. The average Bonchev–Trinajstić information content (AvgIpc) is 2.99. The Morgan fingerprint density at radius 3 is 2.54 bits per heavy atom. The molecule has 124 valence electrons. The Kier molecular flexibility index (Phi) is 3.72. The molecular formula is C16H16ClFN6. The molecule has 3 heterocycles. The Morgan fingerprint density at radius 1 is 1.04 bits per heavy atom. The Hall–Kier alpha value is -2.41. The van der Waals surface area contributed by atoms with Crippen LogP contribution in [0.5, 0.6) is 0 Å². The maximum atomic E-state index is 13.3. The second-order valence-electron chi connectivity index (χ2n) is 5.80. The summed E-state index contributed by atoms with van der Waals surface area (Å²) in [6.07, 6.45) is 3.32. The first-order chi connectivity index (χ1) is 11.6. The Bertz CT molecular complexity index is 887. The second kappa shape index (κ2) is 5.90. The van der Waals surface area contributed by atoms with Crippen LogP contribution in [0.1, 0.15) is 0 Å². The summed E-state index contributed by atoms with van der Waals surface area (Å²) in [7, 11) is 1.92. The van der Waals surface area contributed by atoms with Crippen molar-refractivity contribution in [3.8, 4) is 0 Å². The van der Waals surface area contributed by atoms with Crippen molar-refractivity contribution < 1.29 is 4.39 Å². The van der Waals surface area contributed by atoms with Gasteiger partial charge in [0, 0.05) is 38.9 Å². The van der Waals surface area contributed by atoms with Gasteiger partial charge in [-0.15, -0.1) is 0 Å². The molecule has 0 spiro atoms. The number of aryl methyl sites for hydroxylation is 1. The van der Waals surface area contributed by atoms with Gasteiger partial charge >= 0.3 is 0 Å². The van der Waals surface area contributed by atoms with Gasteiger partial charge in [0.2, 0.25) is 0 Å².